The normalized spacial score (nSPS) is 10.9. The Balaban J connectivity index is 0.00000177. The molecule has 14 heteroatoms. The number of rotatable bonds is 10. The fourth-order valence-electron chi connectivity index (χ4n) is 1.83. The molecular weight excluding hydrogens is 525 g/mol. The second-order valence-corrected chi connectivity index (χ2v) is 12.8. The van der Waals surface area contributed by atoms with Crippen LogP contribution in [0.4, 0.5) is 0 Å². The Labute approximate surface area is 225 Å². The van der Waals surface area contributed by atoms with Crippen LogP contribution in [-0.2, 0) is 46.5 Å². The van der Waals surface area contributed by atoms with Gasteiger partial charge in [0.15, 0.2) is 0 Å². The van der Waals surface area contributed by atoms with Crippen molar-refractivity contribution in [2.75, 3.05) is 28.4 Å². The minimum absolute atomic E-state index is 0. The molecule has 0 aliphatic heterocycles. The van der Waals surface area contributed by atoms with Crippen LogP contribution >= 0.6 is 25.2 Å². The van der Waals surface area contributed by atoms with Crippen LogP contribution in [0.5, 0.6) is 11.5 Å². The molecule has 0 saturated carbocycles. The van der Waals surface area contributed by atoms with Crippen LogP contribution in [0.1, 0.15) is 6.92 Å². The Morgan fingerprint density at radius 3 is 1.22 bits per heavy atom. The predicted molar refractivity (Wildman–Crippen MR) is 126 cm³/mol. The summed E-state index contributed by atoms with van der Waals surface area (Å²) < 4.78 is 31.7. The van der Waals surface area contributed by atoms with Gasteiger partial charge in [0.25, 0.3) is 0 Å². The zero-order valence-electron chi connectivity index (χ0n) is 18.5. The van der Waals surface area contributed by atoms with E-state index in [-0.39, 0.29) is 29.6 Å². The molecule has 8 nitrogen and oxygen atoms in total. The van der Waals surface area contributed by atoms with Gasteiger partial charge in [0.05, 0.1) is 0 Å². The van der Waals surface area contributed by atoms with Gasteiger partial charge in [-0.15, -0.1) is 0 Å². The van der Waals surface area contributed by atoms with Crippen LogP contribution in [-0.4, -0.2) is 34.4 Å². The smallest absolute Gasteiger partial charge is 0.550 e. The summed E-state index contributed by atoms with van der Waals surface area (Å²) in [5.74, 6) is 0.111. The van der Waals surface area contributed by atoms with E-state index in [1.807, 2.05) is 48.5 Å². The second kappa shape index (κ2) is 15.8. The summed E-state index contributed by atoms with van der Waals surface area (Å²) in [6.45, 7) is -4.48. The molecule has 0 aromatic heterocycles. The first kappa shape index (κ1) is 32.0. The average molecular weight is 549 g/mol. The topological polar surface area (TPSA) is 95.5 Å². The van der Waals surface area contributed by atoms with Crippen LogP contribution in [0.25, 0.3) is 0 Å². The molecule has 0 fully saturated rings. The SMILES string of the molecule is CC(=O)[O-].COP(=S)(OC)Oc1ccc(Sc2ccc(OP(=S)(OC)OC)cc2)cc1.[Na+]. The summed E-state index contributed by atoms with van der Waals surface area (Å²) in [7, 11) is 5.89. The van der Waals surface area contributed by atoms with E-state index >= 15 is 0 Å². The number of carboxylic acid groups (broad SMARTS) is 1. The van der Waals surface area contributed by atoms with E-state index in [0.29, 0.717) is 11.5 Å². The van der Waals surface area contributed by atoms with Crippen molar-refractivity contribution in [3.8, 4) is 11.5 Å². The van der Waals surface area contributed by atoms with Gasteiger partial charge in [-0.1, -0.05) is 11.8 Å². The molecule has 0 spiro atoms. The van der Waals surface area contributed by atoms with Crippen LogP contribution in [0.15, 0.2) is 58.3 Å². The van der Waals surface area contributed by atoms with Gasteiger partial charge in [0.1, 0.15) is 11.5 Å². The van der Waals surface area contributed by atoms with Crippen molar-refractivity contribution in [2.24, 2.45) is 0 Å². The quantitative estimate of drug-likeness (QED) is 0.319. The molecule has 0 aliphatic rings. The first-order valence-corrected chi connectivity index (χ1v) is 14.4. The molecule has 0 bridgehead atoms. The second-order valence-electron chi connectivity index (χ2n) is 5.34. The summed E-state index contributed by atoms with van der Waals surface area (Å²) in [4.78, 5) is 11.0. The summed E-state index contributed by atoms with van der Waals surface area (Å²) in [5.41, 5.74) is 0. The number of carboxylic acids is 1. The minimum atomic E-state index is -2.73. The number of hydrogen-bond acceptors (Lipinski definition) is 11. The van der Waals surface area contributed by atoms with Gasteiger partial charge in [0.2, 0.25) is 0 Å². The largest absolute Gasteiger partial charge is 1.00 e. The third-order valence-corrected chi connectivity index (χ3v) is 9.12. The summed E-state index contributed by atoms with van der Waals surface area (Å²) in [5, 5.41) is 8.89. The van der Waals surface area contributed by atoms with Gasteiger partial charge in [-0.25, -0.2) is 0 Å². The molecule has 0 radical (unpaired) electrons. The molecule has 0 N–H and O–H groups in total. The Kier molecular flexibility index (Phi) is 15.8. The molecule has 2 aromatic rings. The van der Waals surface area contributed by atoms with Gasteiger partial charge in [-0.2, -0.15) is 0 Å². The molecule has 2 rings (SSSR count). The maximum atomic E-state index is 8.89. The third-order valence-electron chi connectivity index (χ3n) is 3.21. The molecule has 0 amide bonds. The van der Waals surface area contributed by atoms with E-state index in [9.17, 15) is 0 Å². The standard InChI is InChI=1S/C16H20O6P2S3.C2H4O2.Na/c1-17-23(25,18-2)21-13-5-9-15(10-6-13)27-16-11-7-14(8-12-16)22-24(26,19-3)20-4;1-2(3)4;/h5-12H,1-4H3;1H3,(H,3,4);/q;;+1/p-1. The number of hydrogen-bond donors (Lipinski definition) is 0. The Bertz CT molecular complexity index is 839. The van der Waals surface area contributed by atoms with Crippen molar-refractivity contribution < 1.29 is 66.6 Å². The molecule has 0 aliphatic carbocycles. The van der Waals surface area contributed by atoms with Crippen molar-refractivity contribution in [3.05, 3.63) is 48.5 Å². The third kappa shape index (κ3) is 11.9. The molecule has 32 heavy (non-hydrogen) atoms. The van der Waals surface area contributed by atoms with Crippen LogP contribution in [0, 0.1) is 0 Å². The predicted octanol–water partition coefficient (Wildman–Crippen LogP) is 1.39. The maximum absolute atomic E-state index is 8.89. The van der Waals surface area contributed by atoms with Crippen LogP contribution in [0.3, 0.4) is 0 Å². The first-order valence-electron chi connectivity index (χ1n) is 8.46. The molecule has 172 valence electrons. The monoisotopic (exact) mass is 548 g/mol. The van der Waals surface area contributed by atoms with Crippen LogP contribution in [0.2, 0.25) is 0 Å². The average Bonchev–Trinajstić information content (AvgIpc) is 2.76. The van der Waals surface area contributed by atoms with Gasteiger partial charge in [-0.05, 0) is 55.5 Å². The first-order chi connectivity index (χ1) is 14.6. The van der Waals surface area contributed by atoms with E-state index < -0.39 is 19.4 Å². The number of benzene rings is 2. The van der Waals surface area contributed by atoms with E-state index in [1.54, 1.807) is 11.8 Å². The fourth-order valence-corrected chi connectivity index (χ4v) is 4.52. The molecule has 0 atom stereocenters. The van der Waals surface area contributed by atoms with Gasteiger partial charge >= 0.3 is 43.0 Å². The van der Waals surface area contributed by atoms with Gasteiger partial charge < -0.3 is 37.0 Å². The van der Waals surface area contributed by atoms with E-state index in [1.165, 1.54) is 28.4 Å². The molecule has 2 aromatic carbocycles. The number of carbonyl (C=O) groups is 1. The van der Waals surface area contributed by atoms with Gasteiger partial charge in [-0.3, -0.25) is 0 Å². The van der Waals surface area contributed by atoms with E-state index in [0.717, 1.165) is 16.7 Å². The summed E-state index contributed by atoms with van der Waals surface area (Å²) in [6, 6.07) is 15.0. The maximum Gasteiger partial charge on any atom is 1.00 e. The van der Waals surface area contributed by atoms with Crippen molar-refractivity contribution in [2.45, 2.75) is 16.7 Å². The van der Waals surface area contributed by atoms with Crippen molar-refractivity contribution in [1.82, 2.24) is 0 Å². The van der Waals surface area contributed by atoms with Crippen molar-refractivity contribution in [3.63, 3.8) is 0 Å². The molecule has 0 unspecified atom stereocenters. The summed E-state index contributed by atoms with van der Waals surface area (Å²) in [6.07, 6.45) is 0. The fraction of sp³-hybridized carbons (Fsp3) is 0.278. The molecular formula is C18H23NaO8P2S3. The molecule has 0 heterocycles. The van der Waals surface area contributed by atoms with Crippen LogP contribution < -0.4 is 43.7 Å². The van der Waals surface area contributed by atoms with Crippen molar-refractivity contribution in [1.29, 1.82) is 0 Å². The van der Waals surface area contributed by atoms with Crippen molar-refractivity contribution >= 4 is 54.8 Å². The zero-order chi connectivity index (χ0) is 23.5. The Hall–Kier alpha value is 0. The summed E-state index contributed by atoms with van der Waals surface area (Å²) >= 11 is 12.0. The Morgan fingerprint density at radius 2 is 1.00 bits per heavy atom. The van der Waals surface area contributed by atoms with E-state index in [4.69, 9.17) is 60.7 Å². The number of aliphatic carboxylic acids is 1. The zero-order valence-corrected chi connectivity index (χ0v) is 24.7. The Morgan fingerprint density at radius 1 is 0.750 bits per heavy atom. The number of carbonyl (C=O) groups excluding carboxylic acids is 1. The van der Waals surface area contributed by atoms with Gasteiger partial charge in [0, 0.05) is 67.8 Å². The van der Waals surface area contributed by atoms with E-state index in [2.05, 4.69) is 0 Å². The minimum Gasteiger partial charge on any atom is -0.550 e. The molecule has 0 saturated heterocycles.